The molecular weight excluding hydrogens is 240 g/mol. The summed E-state index contributed by atoms with van der Waals surface area (Å²) in [4.78, 5) is 2.18. The third-order valence-electron chi connectivity index (χ3n) is 3.04. The monoisotopic (exact) mass is 256 g/mol. The van der Waals surface area contributed by atoms with Gasteiger partial charge in [-0.05, 0) is 17.7 Å². The fourth-order valence-corrected chi connectivity index (χ4v) is 2.17. The van der Waals surface area contributed by atoms with E-state index in [1.165, 1.54) is 0 Å². The molecule has 1 aliphatic rings. The Morgan fingerprint density at radius 2 is 2.35 bits per heavy atom. The minimum Gasteiger partial charge on any atom is -0.398 e. The SMILES string of the molecule is Nc1cc(Cl)ccc1CN1CCOCC1CO. The van der Waals surface area contributed by atoms with Crippen LogP contribution in [0.1, 0.15) is 5.56 Å². The molecule has 4 nitrogen and oxygen atoms in total. The van der Waals surface area contributed by atoms with Crippen LogP contribution >= 0.6 is 11.6 Å². The number of anilines is 1. The van der Waals surface area contributed by atoms with E-state index >= 15 is 0 Å². The maximum atomic E-state index is 9.28. The number of hydrogen-bond donors (Lipinski definition) is 2. The third kappa shape index (κ3) is 3.10. The van der Waals surface area contributed by atoms with Crippen LogP contribution in [0.5, 0.6) is 0 Å². The van der Waals surface area contributed by atoms with Gasteiger partial charge in [-0.3, -0.25) is 4.90 Å². The fourth-order valence-electron chi connectivity index (χ4n) is 1.99. The summed E-state index contributed by atoms with van der Waals surface area (Å²) in [5.41, 5.74) is 7.65. The van der Waals surface area contributed by atoms with E-state index in [1.807, 2.05) is 12.1 Å². The first-order chi connectivity index (χ1) is 8.20. The quantitative estimate of drug-likeness (QED) is 0.796. The summed E-state index contributed by atoms with van der Waals surface area (Å²) >= 11 is 5.86. The summed E-state index contributed by atoms with van der Waals surface area (Å²) in [6.45, 7) is 2.91. The van der Waals surface area contributed by atoms with E-state index in [2.05, 4.69) is 4.90 Å². The number of morpholine rings is 1. The van der Waals surface area contributed by atoms with Gasteiger partial charge in [0, 0.05) is 23.8 Å². The number of nitrogens with zero attached hydrogens (tertiary/aromatic N) is 1. The van der Waals surface area contributed by atoms with Gasteiger partial charge in [-0.25, -0.2) is 0 Å². The molecule has 0 spiro atoms. The number of benzene rings is 1. The molecule has 1 aliphatic heterocycles. The van der Waals surface area contributed by atoms with Crippen molar-refractivity contribution in [1.29, 1.82) is 0 Å². The lowest BCUT2D eigenvalue weighted by atomic mass is 10.1. The molecule has 1 fully saturated rings. The number of rotatable bonds is 3. The van der Waals surface area contributed by atoms with Crippen LogP contribution in [0.25, 0.3) is 0 Å². The van der Waals surface area contributed by atoms with Crippen molar-refractivity contribution in [2.75, 3.05) is 32.1 Å². The van der Waals surface area contributed by atoms with Gasteiger partial charge in [-0.2, -0.15) is 0 Å². The first-order valence-corrected chi connectivity index (χ1v) is 6.05. The van der Waals surface area contributed by atoms with Crippen LogP contribution in [0.3, 0.4) is 0 Å². The molecule has 0 aromatic heterocycles. The Kier molecular flexibility index (Phi) is 4.23. The van der Waals surface area contributed by atoms with E-state index < -0.39 is 0 Å². The Morgan fingerprint density at radius 1 is 1.53 bits per heavy atom. The van der Waals surface area contributed by atoms with Crippen molar-refractivity contribution < 1.29 is 9.84 Å². The summed E-state index contributed by atoms with van der Waals surface area (Å²) in [5.74, 6) is 0. The first kappa shape index (κ1) is 12.6. The summed E-state index contributed by atoms with van der Waals surface area (Å²) in [6.07, 6.45) is 0. The smallest absolute Gasteiger partial charge is 0.0644 e. The summed E-state index contributed by atoms with van der Waals surface area (Å²) in [5, 5.41) is 9.92. The zero-order valence-electron chi connectivity index (χ0n) is 9.60. The average Bonchev–Trinajstić information content (AvgIpc) is 2.33. The van der Waals surface area contributed by atoms with Gasteiger partial charge in [0.1, 0.15) is 0 Å². The maximum absolute atomic E-state index is 9.28. The first-order valence-electron chi connectivity index (χ1n) is 5.67. The van der Waals surface area contributed by atoms with Gasteiger partial charge in [-0.15, -0.1) is 0 Å². The molecule has 1 saturated heterocycles. The van der Waals surface area contributed by atoms with E-state index in [4.69, 9.17) is 22.1 Å². The highest BCUT2D eigenvalue weighted by atomic mass is 35.5. The lowest BCUT2D eigenvalue weighted by Gasteiger charge is -2.34. The molecule has 1 aromatic carbocycles. The summed E-state index contributed by atoms with van der Waals surface area (Å²) in [6, 6.07) is 5.58. The second-order valence-corrected chi connectivity index (χ2v) is 4.66. The predicted molar refractivity (Wildman–Crippen MR) is 68.0 cm³/mol. The number of hydrogen-bond acceptors (Lipinski definition) is 4. The molecule has 5 heteroatoms. The lowest BCUT2D eigenvalue weighted by molar-refractivity contribution is -0.0311. The standard InChI is InChI=1S/C12H17ClN2O2/c13-10-2-1-9(12(14)5-10)6-15-3-4-17-8-11(15)7-16/h1-2,5,11,16H,3-4,6-8,14H2. The Hall–Kier alpha value is -0.810. The van der Waals surface area contributed by atoms with Crippen molar-refractivity contribution in [3.05, 3.63) is 28.8 Å². The number of ether oxygens (including phenoxy) is 1. The van der Waals surface area contributed by atoms with Crippen molar-refractivity contribution in [2.24, 2.45) is 0 Å². The van der Waals surface area contributed by atoms with Crippen molar-refractivity contribution >= 4 is 17.3 Å². The van der Waals surface area contributed by atoms with E-state index in [9.17, 15) is 5.11 Å². The van der Waals surface area contributed by atoms with Crippen LogP contribution in [-0.4, -0.2) is 42.4 Å². The molecule has 1 atom stereocenters. The normalized spacial score (nSPS) is 21.6. The molecule has 2 rings (SSSR count). The number of aliphatic hydroxyl groups is 1. The summed E-state index contributed by atoms with van der Waals surface area (Å²) < 4.78 is 5.34. The Labute approximate surface area is 106 Å². The second-order valence-electron chi connectivity index (χ2n) is 4.22. The molecular formula is C12H17ClN2O2. The lowest BCUT2D eigenvalue weighted by Crippen LogP contribution is -2.46. The van der Waals surface area contributed by atoms with Gasteiger partial charge >= 0.3 is 0 Å². The Balaban J connectivity index is 2.08. The third-order valence-corrected chi connectivity index (χ3v) is 3.28. The maximum Gasteiger partial charge on any atom is 0.0644 e. The molecule has 0 radical (unpaired) electrons. The topological polar surface area (TPSA) is 58.7 Å². The van der Waals surface area contributed by atoms with Gasteiger partial charge < -0.3 is 15.6 Å². The molecule has 1 heterocycles. The average molecular weight is 257 g/mol. The van der Waals surface area contributed by atoms with Gasteiger partial charge in [0.2, 0.25) is 0 Å². The van der Waals surface area contributed by atoms with Crippen LogP contribution < -0.4 is 5.73 Å². The second kappa shape index (κ2) is 5.69. The van der Waals surface area contributed by atoms with E-state index in [1.54, 1.807) is 6.07 Å². The van der Waals surface area contributed by atoms with Gasteiger partial charge in [0.15, 0.2) is 0 Å². The molecule has 0 bridgehead atoms. The van der Waals surface area contributed by atoms with Crippen molar-refractivity contribution in [2.45, 2.75) is 12.6 Å². The number of nitrogens with two attached hydrogens (primary N) is 1. The van der Waals surface area contributed by atoms with Crippen LogP contribution in [0.2, 0.25) is 5.02 Å². The number of aliphatic hydroxyl groups excluding tert-OH is 1. The molecule has 17 heavy (non-hydrogen) atoms. The zero-order chi connectivity index (χ0) is 12.3. The molecule has 94 valence electrons. The molecule has 0 saturated carbocycles. The molecule has 3 N–H and O–H groups in total. The summed E-state index contributed by atoms with van der Waals surface area (Å²) in [7, 11) is 0. The van der Waals surface area contributed by atoms with Crippen LogP contribution in [0, 0.1) is 0 Å². The predicted octanol–water partition coefficient (Wildman–Crippen LogP) is 1.12. The van der Waals surface area contributed by atoms with Crippen molar-refractivity contribution in [3.8, 4) is 0 Å². The fraction of sp³-hybridized carbons (Fsp3) is 0.500. The highest BCUT2D eigenvalue weighted by Gasteiger charge is 2.22. The molecule has 0 aliphatic carbocycles. The minimum absolute atomic E-state index is 0.0545. The van der Waals surface area contributed by atoms with Crippen LogP contribution in [-0.2, 0) is 11.3 Å². The minimum atomic E-state index is 0.0545. The molecule has 1 aromatic rings. The molecule has 0 amide bonds. The van der Waals surface area contributed by atoms with E-state index in [-0.39, 0.29) is 12.6 Å². The number of nitrogen functional groups attached to an aromatic ring is 1. The Morgan fingerprint density at radius 3 is 3.06 bits per heavy atom. The van der Waals surface area contributed by atoms with E-state index in [0.717, 1.165) is 18.7 Å². The highest BCUT2D eigenvalue weighted by Crippen LogP contribution is 2.21. The van der Waals surface area contributed by atoms with E-state index in [0.29, 0.717) is 23.9 Å². The van der Waals surface area contributed by atoms with Gasteiger partial charge in [-0.1, -0.05) is 17.7 Å². The van der Waals surface area contributed by atoms with Crippen LogP contribution in [0.4, 0.5) is 5.69 Å². The number of halogens is 1. The molecule has 1 unspecified atom stereocenters. The zero-order valence-corrected chi connectivity index (χ0v) is 10.4. The Bertz CT molecular complexity index is 387. The van der Waals surface area contributed by atoms with Crippen molar-refractivity contribution in [1.82, 2.24) is 4.90 Å². The van der Waals surface area contributed by atoms with Crippen molar-refractivity contribution in [3.63, 3.8) is 0 Å². The largest absolute Gasteiger partial charge is 0.398 e. The van der Waals surface area contributed by atoms with Gasteiger partial charge in [0.25, 0.3) is 0 Å². The van der Waals surface area contributed by atoms with Gasteiger partial charge in [0.05, 0.1) is 25.9 Å². The van der Waals surface area contributed by atoms with Crippen LogP contribution in [0.15, 0.2) is 18.2 Å². The highest BCUT2D eigenvalue weighted by molar-refractivity contribution is 6.30.